The SMILES string of the molecule is O=C(COC(=O)Cc1ccccc1[N+](=O)[O-])Nc1cc2c(cc1[N+](=O)[O-])OCCCO2. The first-order chi connectivity index (χ1) is 14.8. The molecule has 1 heterocycles. The van der Waals surface area contributed by atoms with Gasteiger partial charge in [-0.25, -0.2) is 0 Å². The Morgan fingerprint density at radius 2 is 1.65 bits per heavy atom. The van der Waals surface area contributed by atoms with Crippen LogP contribution in [0.2, 0.25) is 0 Å². The van der Waals surface area contributed by atoms with Crippen LogP contribution in [-0.4, -0.2) is 41.5 Å². The van der Waals surface area contributed by atoms with Crippen molar-refractivity contribution >= 4 is 28.9 Å². The van der Waals surface area contributed by atoms with Crippen molar-refractivity contribution in [2.45, 2.75) is 12.8 Å². The third kappa shape index (κ3) is 5.44. The van der Waals surface area contributed by atoms with Crippen molar-refractivity contribution in [2.24, 2.45) is 0 Å². The first kappa shape index (κ1) is 21.5. The van der Waals surface area contributed by atoms with E-state index in [1.54, 1.807) is 0 Å². The molecule has 1 N–H and O–H groups in total. The molecule has 162 valence electrons. The summed E-state index contributed by atoms with van der Waals surface area (Å²) in [5.74, 6) is -1.25. The van der Waals surface area contributed by atoms with E-state index in [0.29, 0.717) is 19.6 Å². The quantitative estimate of drug-likeness (QED) is 0.394. The maximum Gasteiger partial charge on any atom is 0.311 e. The van der Waals surface area contributed by atoms with Gasteiger partial charge in [-0.15, -0.1) is 0 Å². The van der Waals surface area contributed by atoms with E-state index in [4.69, 9.17) is 14.2 Å². The van der Waals surface area contributed by atoms with Gasteiger partial charge in [0.05, 0.1) is 35.5 Å². The predicted molar refractivity (Wildman–Crippen MR) is 105 cm³/mol. The van der Waals surface area contributed by atoms with Crippen LogP contribution in [0.4, 0.5) is 17.1 Å². The highest BCUT2D eigenvalue weighted by molar-refractivity contribution is 5.95. The topological polar surface area (TPSA) is 160 Å². The Labute approximate surface area is 175 Å². The summed E-state index contributed by atoms with van der Waals surface area (Å²) < 4.78 is 15.7. The van der Waals surface area contributed by atoms with Gasteiger partial charge in [0.1, 0.15) is 5.69 Å². The average Bonchev–Trinajstić information content (AvgIpc) is 2.96. The first-order valence-corrected chi connectivity index (χ1v) is 9.11. The van der Waals surface area contributed by atoms with Crippen LogP contribution in [0.3, 0.4) is 0 Å². The van der Waals surface area contributed by atoms with Crippen LogP contribution >= 0.6 is 0 Å². The molecule has 1 aliphatic heterocycles. The van der Waals surface area contributed by atoms with Crippen LogP contribution in [0.15, 0.2) is 36.4 Å². The molecule has 2 aromatic rings. The first-order valence-electron chi connectivity index (χ1n) is 9.11. The van der Waals surface area contributed by atoms with Gasteiger partial charge in [0.25, 0.3) is 17.3 Å². The predicted octanol–water partition coefficient (Wildman–Crippen LogP) is 2.39. The number of anilines is 1. The number of fused-ring (bicyclic) bond motifs is 1. The standard InChI is InChI=1S/C19H17N3O9/c23-18(11-31-19(24)8-12-4-1-2-5-14(12)21(25)26)20-13-9-16-17(10-15(13)22(27)28)30-7-3-6-29-16/h1-2,4-5,9-10H,3,6-8,11H2,(H,20,23). The molecule has 12 nitrogen and oxygen atoms in total. The van der Waals surface area contributed by atoms with Gasteiger partial charge >= 0.3 is 5.97 Å². The van der Waals surface area contributed by atoms with Crippen molar-refractivity contribution in [1.29, 1.82) is 0 Å². The van der Waals surface area contributed by atoms with Crippen molar-refractivity contribution in [2.75, 3.05) is 25.1 Å². The van der Waals surface area contributed by atoms with Gasteiger partial charge in [0, 0.05) is 24.1 Å². The van der Waals surface area contributed by atoms with Crippen molar-refractivity contribution in [3.63, 3.8) is 0 Å². The highest BCUT2D eigenvalue weighted by Crippen LogP contribution is 2.39. The summed E-state index contributed by atoms with van der Waals surface area (Å²) in [5, 5.41) is 24.7. The number of nitrogens with zero attached hydrogens (tertiary/aromatic N) is 2. The molecule has 0 aromatic heterocycles. The van der Waals surface area contributed by atoms with Crippen LogP contribution in [0.25, 0.3) is 0 Å². The number of carbonyl (C=O) groups is 2. The zero-order valence-corrected chi connectivity index (χ0v) is 16.1. The Morgan fingerprint density at radius 1 is 1.00 bits per heavy atom. The molecule has 0 unspecified atom stereocenters. The minimum atomic E-state index is -0.863. The zero-order chi connectivity index (χ0) is 22.4. The number of carbonyl (C=O) groups excluding carboxylic acids is 2. The summed E-state index contributed by atoms with van der Waals surface area (Å²) in [7, 11) is 0. The summed E-state index contributed by atoms with van der Waals surface area (Å²) in [4.78, 5) is 45.2. The molecule has 12 heteroatoms. The van der Waals surface area contributed by atoms with Crippen LogP contribution in [0, 0.1) is 20.2 Å². The number of ether oxygens (including phenoxy) is 3. The highest BCUT2D eigenvalue weighted by atomic mass is 16.6. The largest absolute Gasteiger partial charge is 0.489 e. The number of esters is 1. The molecule has 0 spiro atoms. The van der Waals surface area contributed by atoms with Crippen molar-refractivity contribution in [1.82, 2.24) is 0 Å². The minimum absolute atomic E-state index is 0.136. The van der Waals surface area contributed by atoms with Crippen LogP contribution in [0.5, 0.6) is 11.5 Å². The molecule has 1 aliphatic rings. The van der Waals surface area contributed by atoms with Crippen molar-refractivity contribution < 1.29 is 33.6 Å². The number of para-hydroxylation sites is 1. The van der Waals surface area contributed by atoms with E-state index in [0.717, 1.165) is 6.07 Å². The average molecular weight is 431 g/mol. The van der Waals surface area contributed by atoms with E-state index in [1.807, 2.05) is 0 Å². The monoisotopic (exact) mass is 431 g/mol. The lowest BCUT2D eigenvalue weighted by Crippen LogP contribution is -2.22. The van der Waals surface area contributed by atoms with Crippen LogP contribution < -0.4 is 14.8 Å². The van der Waals surface area contributed by atoms with Gasteiger partial charge in [-0.05, 0) is 0 Å². The minimum Gasteiger partial charge on any atom is -0.489 e. The lowest BCUT2D eigenvalue weighted by Gasteiger charge is -2.11. The lowest BCUT2D eigenvalue weighted by molar-refractivity contribution is -0.385. The lowest BCUT2D eigenvalue weighted by atomic mass is 10.1. The fourth-order valence-corrected chi connectivity index (χ4v) is 2.83. The maximum absolute atomic E-state index is 12.2. The maximum atomic E-state index is 12.2. The smallest absolute Gasteiger partial charge is 0.311 e. The van der Waals surface area contributed by atoms with E-state index in [-0.39, 0.29) is 28.4 Å². The summed E-state index contributed by atoms with van der Waals surface area (Å²) in [5.41, 5.74) is -0.666. The molecular weight excluding hydrogens is 414 g/mol. The molecule has 0 bridgehead atoms. The fraction of sp³-hybridized carbons (Fsp3) is 0.263. The molecule has 0 aliphatic carbocycles. The van der Waals surface area contributed by atoms with Gasteiger partial charge in [-0.3, -0.25) is 29.8 Å². The van der Waals surface area contributed by atoms with Gasteiger partial charge in [-0.2, -0.15) is 0 Å². The molecule has 0 fully saturated rings. The summed E-state index contributed by atoms with van der Waals surface area (Å²) in [6, 6.07) is 8.07. The second-order valence-corrected chi connectivity index (χ2v) is 6.40. The molecule has 0 saturated carbocycles. The van der Waals surface area contributed by atoms with E-state index in [9.17, 15) is 29.8 Å². The number of hydrogen-bond donors (Lipinski definition) is 1. The molecule has 0 saturated heterocycles. The van der Waals surface area contributed by atoms with E-state index >= 15 is 0 Å². The number of nitro groups is 2. The van der Waals surface area contributed by atoms with Crippen LogP contribution in [-0.2, 0) is 20.7 Å². The Balaban J connectivity index is 1.64. The molecule has 0 atom stereocenters. The molecule has 1 amide bonds. The van der Waals surface area contributed by atoms with E-state index in [1.165, 1.54) is 30.3 Å². The van der Waals surface area contributed by atoms with Gasteiger partial charge in [-0.1, -0.05) is 18.2 Å². The second-order valence-electron chi connectivity index (χ2n) is 6.40. The van der Waals surface area contributed by atoms with Gasteiger partial charge in [0.2, 0.25) is 0 Å². The normalized spacial score (nSPS) is 12.4. The third-order valence-corrected chi connectivity index (χ3v) is 4.22. The van der Waals surface area contributed by atoms with Gasteiger partial charge in [0.15, 0.2) is 18.1 Å². The Morgan fingerprint density at radius 3 is 2.32 bits per heavy atom. The summed E-state index contributed by atoms with van der Waals surface area (Å²) in [6.07, 6.45) is 0.189. The number of rotatable bonds is 7. The molecular formula is C19H17N3O9. The Hall–Kier alpha value is -4.22. The number of benzene rings is 2. The van der Waals surface area contributed by atoms with Crippen LogP contribution in [0.1, 0.15) is 12.0 Å². The Kier molecular flexibility index (Phi) is 6.60. The molecule has 31 heavy (non-hydrogen) atoms. The molecule has 2 aromatic carbocycles. The third-order valence-electron chi connectivity index (χ3n) is 4.22. The van der Waals surface area contributed by atoms with Crippen molar-refractivity contribution in [3.8, 4) is 11.5 Å². The van der Waals surface area contributed by atoms with Crippen molar-refractivity contribution in [3.05, 3.63) is 62.2 Å². The summed E-state index contributed by atoms with van der Waals surface area (Å²) >= 11 is 0. The van der Waals surface area contributed by atoms with E-state index < -0.39 is 40.4 Å². The molecule has 3 rings (SSSR count). The fourth-order valence-electron chi connectivity index (χ4n) is 2.83. The number of amides is 1. The number of nitro benzene ring substituents is 2. The van der Waals surface area contributed by atoms with E-state index in [2.05, 4.69) is 5.32 Å². The Bertz CT molecular complexity index is 1040. The number of hydrogen-bond acceptors (Lipinski definition) is 9. The summed E-state index contributed by atoms with van der Waals surface area (Å²) in [6.45, 7) is -0.0438. The second kappa shape index (κ2) is 9.52. The zero-order valence-electron chi connectivity index (χ0n) is 16.1. The van der Waals surface area contributed by atoms with Gasteiger partial charge < -0.3 is 19.5 Å². The highest BCUT2D eigenvalue weighted by Gasteiger charge is 2.23. The molecule has 0 radical (unpaired) electrons. The number of nitrogens with one attached hydrogen (secondary N) is 1.